The first-order chi connectivity index (χ1) is 9.15. The number of hydrogen-bond acceptors (Lipinski definition) is 5. The molecule has 0 aromatic carbocycles. The molecule has 7 nitrogen and oxygen atoms in total. The van der Waals surface area contributed by atoms with Crippen molar-refractivity contribution in [2.24, 2.45) is 0 Å². The zero-order chi connectivity index (χ0) is 15.1. The second-order valence-corrected chi connectivity index (χ2v) is 7.01. The Balaban J connectivity index is 2.52. The van der Waals surface area contributed by atoms with Crippen LogP contribution in [0.15, 0.2) is 23.2 Å². The fraction of sp³-hybridized carbons (Fsp3) is 0.364. The van der Waals surface area contributed by atoms with Crippen LogP contribution in [0.5, 0.6) is 0 Å². The first-order valence-electron chi connectivity index (χ1n) is 5.64. The van der Waals surface area contributed by atoms with Crippen molar-refractivity contribution in [2.75, 3.05) is 6.54 Å². The van der Waals surface area contributed by atoms with Gasteiger partial charge in [0.15, 0.2) is 0 Å². The van der Waals surface area contributed by atoms with Crippen LogP contribution in [0.3, 0.4) is 0 Å². The fourth-order valence-electron chi connectivity index (χ4n) is 1.82. The number of halogens is 1. The van der Waals surface area contributed by atoms with Crippen molar-refractivity contribution < 1.29 is 18.0 Å². The summed E-state index contributed by atoms with van der Waals surface area (Å²) in [5, 5.41) is 2.12. The van der Waals surface area contributed by atoms with E-state index in [1.807, 2.05) is 0 Å². The van der Waals surface area contributed by atoms with Crippen LogP contribution in [0.2, 0.25) is 5.15 Å². The average Bonchev–Trinajstić information content (AvgIpc) is 2.34. The normalized spacial score (nSPS) is 19.8. The third kappa shape index (κ3) is 2.41. The van der Waals surface area contributed by atoms with Crippen molar-refractivity contribution >= 4 is 33.4 Å². The summed E-state index contributed by atoms with van der Waals surface area (Å²) in [5.74, 6) is -1.34. The largest absolute Gasteiger partial charge is 0.294 e. The third-order valence-electron chi connectivity index (χ3n) is 3.01. The lowest BCUT2D eigenvalue weighted by Gasteiger charge is -2.38. The fourth-order valence-corrected chi connectivity index (χ4v) is 3.78. The highest BCUT2D eigenvalue weighted by Crippen LogP contribution is 2.27. The molecule has 1 aromatic heterocycles. The Labute approximate surface area is 121 Å². The van der Waals surface area contributed by atoms with Crippen molar-refractivity contribution in [1.82, 2.24) is 14.6 Å². The molecule has 0 radical (unpaired) electrons. The minimum atomic E-state index is -4.03. The van der Waals surface area contributed by atoms with Gasteiger partial charge in [0, 0.05) is 6.20 Å². The maximum absolute atomic E-state index is 12.6. The number of sulfonamides is 1. The van der Waals surface area contributed by atoms with E-state index in [0.717, 1.165) is 4.31 Å². The molecule has 0 atom stereocenters. The van der Waals surface area contributed by atoms with Crippen LogP contribution in [-0.4, -0.2) is 41.6 Å². The van der Waals surface area contributed by atoms with Gasteiger partial charge in [-0.3, -0.25) is 14.9 Å². The summed E-state index contributed by atoms with van der Waals surface area (Å²) >= 11 is 5.68. The van der Waals surface area contributed by atoms with Crippen molar-refractivity contribution in [3.63, 3.8) is 0 Å². The van der Waals surface area contributed by atoms with Crippen LogP contribution in [0.1, 0.15) is 13.8 Å². The summed E-state index contributed by atoms with van der Waals surface area (Å²) in [5.41, 5.74) is -1.37. The van der Waals surface area contributed by atoms with E-state index < -0.39 is 33.9 Å². The lowest BCUT2D eigenvalue weighted by Crippen LogP contribution is -2.65. The lowest BCUT2D eigenvalue weighted by molar-refractivity contribution is -0.141. The molecular formula is C11H12ClN3O4S. The summed E-state index contributed by atoms with van der Waals surface area (Å²) in [6.45, 7) is 2.42. The summed E-state index contributed by atoms with van der Waals surface area (Å²) in [7, 11) is -4.03. The quantitative estimate of drug-likeness (QED) is 0.619. The second-order valence-electron chi connectivity index (χ2n) is 4.76. The molecule has 0 bridgehead atoms. The van der Waals surface area contributed by atoms with Gasteiger partial charge in [0.2, 0.25) is 21.8 Å². The van der Waals surface area contributed by atoms with Gasteiger partial charge < -0.3 is 0 Å². The van der Waals surface area contributed by atoms with E-state index in [1.54, 1.807) is 0 Å². The second kappa shape index (κ2) is 4.80. The summed E-state index contributed by atoms with van der Waals surface area (Å²) in [6, 6.07) is 2.43. The molecule has 1 aliphatic rings. The molecule has 1 aliphatic heterocycles. The van der Waals surface area contributed by atoms with Crippen LogP contribution in [0.25, 0.3) is 0 Å². The van der Waals surface area contributed by atoms with E-state index in [2.05, 4.69) is 10.3 Å². The Morgan fingerprint density at radius 2 is 2.05 bits per heavy atom. The molecule has 2 rings (SSSR count). The number of nitrogens with one attached hydrogen (secondary N) is 1. The zero-order valence-electron chi connectivity index (χ0n) is 10.8. The van der Waals surface area contributed by atoms with Crippen LogP contribution >= 0.6 is 11.6 Å². The standard InChI is InChI=1S/C11H12ClN3O4S/c1-11(2)10(17)14-9(16)6-15(11)20(18,19)7-3-4-13-8(12)5-7/h3-5H,6H2,1-2H3,(H,14,16,17). The van der Waals surface area contributed by atoms with Gasteiger partial charge >= 0.3 is 0 Å². The number of amides is 2. The summed E-state index contributed by atoms with van der Waals surface area (Å²) in [6.07, 6.45) is 1.24. The molecule has 1 fully saturated rings. The Morgan fingerprint density at radius 3 is 2.65 bits per heavy atom. The molecule has 2 amide bonds. The molecule has 1 aromatic rings. The molecule has 1 saturated heterocycles. The number of imide groups is 1. The Morgan fingerprint density at radius 1 is 1.40 bits per heavy atom. The van der Waals surface area contributed by atoms with Crippen LogP contribution in [0, 0.1) is 0 Å². The predicted molar refractivity (Wildman–Crippen MR) is 70.4 cm³/mol. The first-order valence-corrected chi connectivity index (χ1v) is 7.46. The molecule has 20 heavy (non-hydrogen) atoms. The van der Waals surface area contributed by atoms with E-state index in [9.17, 15) is 18.0 Å². The number of rotatable bonds is 2. The topological polar surface area (TPSA) is 96.4 Å². The van der Waals surface area contributed by atoms with Gasteiger partial charge in [0.1, 0.15) is 10.7 Å². The van der Waals surface area contributed by atoms with Gasteiger partial charge in [-0.1, -0.05) is 11.6 Å². The van der Waals surface area contributed by atoms with Crippen molar-refractivity contribution in [3.8, 4) is 0 Å². The van der Waals surface area contributed by atoms with Gasteiger partial charge in [-0.05, 0) is 26.0 Å². The van der Waals surface area contributed by atoms with Crippen LogP contribution in [0.4, 0.5) is 0 Å². The number of carbonyl (C=O) groups is 2. The number of pyridine rings is 1. The molecular weight excluding hydrogens is 306 g/mol. The van der Waals surface area contributed by atoms with E-state index in [0.29, 0.717) is 0 Å². The zero-order valence-corrected chi connectivity index (χ0v) is 12.3. The molecule has 0 aliphatic carbocycles. The number of nitrogens with zero attached hydrogens (tertiary/aromatic N) is 2. The predicted octanol–water partition coefficient (Wildman–Crippen LogP) is 0.161. The minimum Gasteiger partial charge on any atom is -0.294 e. The summed E-state index contributed by atoms with van der Waals surface area (Å²) < 4.78 is 26.0. The van der Waals surface area contributed by atoms with Gasteiger partial charge in [-0.2, -0.15) is 4.31 Å². The first kappa shape index (κ1) is 14.9. The number of carbonyl (C=O) groups excluding carboxylic acids is 2. The third-order valence-corrected chi connectivity index (χ3v) is 5.23. The van der Waals surface area contributed by atoms with E-state index in [-0.39, 0.29) is 10.0 Å². The number of piperazine rings is 1. The number of aromatic nitrogens is 1. The van der Waals surface area contributed by atoms with Crippen molar-refractivity contribution in [1.29, 1.82) is 0 Å². The highest BCUT2D eigenvalue weighted by molar-refractivity contribution is 7.89. The Hall–Kier alpha value is -1.51. The maximum atomic E-state index is 12.6. The molecule has 0 saturated carbocycles. The maximum Gasteiger partial charge on any atom is 0.247 e. The molecule has 1 N–H and O–H groups in total. The van der Waals surface area contributed by atoms with Crippen molar-refractivity contribution in [2.45, 2.75) is 24.3 Å². The van der Waals surface area contributed by atoms with Gasteiger partial charge in [0.05, 0.1) is 11.4 Å². The minimum absolute atomic E-state index is 0.0108. The lowest BCUT2D eigenvalue weighted by atomic mass is 10.0. The monoisotopic (exact) mass is 317 g/mol. The smallest absolute Gasteiger partial charge is 0.247 e. The van der Waals surface area contributed by atoms with E-state index >= 15 is 0 Å². The van der Waals surface area contributed by atoms with E-state index in [1.165, 1.54) is 32.2 Å². The molecule has 0 spiro atoms. The SMILES string of the molecule is CC1(C)C(=O)NC(=O)CN1S(=O)(=O)c1ccnc(Cl)c1. The van der Waals surface area contributed by atoms with Crippen molar-refractivity contribution in [3.05, 3.63) is 23.5 Å². The van der Waals surface area contributed by atoms with Crippen LogP contribution in [-0.2, 0) is 19.6 Å². The molecule has 2 heterocycles. The highest BCUT2D eigenvalue weighted by Gasteiger charge is 2.47. The molecule has 0 unspecified atom stereocenters. The molecule has 9 heteroatoms. The van der Waals surface area contributed by atoms with Gasteiger partial charge in [-0.25, -0.2) is 13.4 Å². The van der Waals surface area contributed by atoms with Crippen LogP contribution < -0.4 is 5.32 Å². The number of hydrogen-bond donors (Lipinski definition) is 1. The summed E-state index contributed by atoms with van der Waals surface area (Å²) in [4.78, 5) is 26.8. The Bertz CT molecular complexity index is 687. The molecule has 108 valence electrons. The van der Waals surface area contributed by atoms with Gasteiger partial charge in [0.25, 0.3) is 0 Å². The highest BCUT2D eigenvalue weighted by atomic mass is 35.5. The average molecular weight is 318 g/mol. The Kier molecular flexibility index (Phi) is 3.57. The van der Waals surface area contributed by atoms with E-state index in [4.69, 9.17) is 11.6 Å². The van der Waals surface area contributed by atoms with Gasteiger partial charge in [-0.15, -0.1) is 0 Å².